The number of nitrogens with zero attached hydrogens (tertiary/aromatic N) is 2. The average molecular weight is 420 g/mol. The van der Waals surface area contributed by atoms with E-state index < -0.39 is 23.1 Å². The van der Waals surface area contributed by atoms with E-state index in [-0.39, 0.29) is 36.2 Å². The molecule has 1 aromatic heterocycles. The number of ether oxygens (including phenoxy) is 2. The standard InChI is InChI=1S/C11H15N3O2.C9H7F2NO2/c1-3-4-11(2)8-7(6-16-11)5-13-10(14-8)9(12)15;10-5-3-6(11)9-7(4-5)14-2-1-8(13)12-9/h5H,3-4,6H2,1-2H3,(H2,12,15);3-4H,1-2H2,(H,12,13). The van der Waals surface area contributed by atoms with Crippen molar-refractivity contribution in [3.63, 3.8) is 0 Å². The van der Waals surface area contributed by atoms with Crippen LogP contribution in [0.25, 0.3) is 0 Å². The Morgan fingerprint density at radius 1 is 1.37 bits per heavy atom. The smallest absolute Gasteiger partial charge is 0.286 e. The van der Waals surface area contributed by atoms with Crippen LogP contribution < -0.4 is 15.8 Å². The Kier molecular flexibility index (Phi) is 6.25. The highest BCUT2D eigenvalue weighted by Crippen LogP contribution is 2.38. The molecule has 1 unspecified atom stereocenters. The molecule has 1 atom stereocenters. The average Bonchev–Trinajstić information content (AvgIpc) is 2.88. The summed E-state index contributed by atoms with van der Waals surface area (Å²) >= 11 is 0. The molecule has 30 heavy (non-hydrogen) atoms. The zero-order valence-electron chi connectivity index (χ0n) is 16.6. The van der Waals surface area contributed by atoms with E-state index in [2.05, 4.69) is 22.2 Å². The molecular weight excluding hydrogens is 398 g/mol. The second-order valence-electron chi connectivity index (χ2n) is 7.11. The Labute approximate surface area is 171 Å². The molecule has 0 bridgehead atoms. The molecule has 8 nitrogen and oxygen atoms in total. The monoisotopic (exact) mass is 420 g/mol. The highest BCUT2D eigenvalue weighted by Gasteiger charge is 2.37. The molecule has 0 saturated heterocycles. The zero-order valence-corrected chi connectivity index (χ0v) is 16.6. The van der Waals surface area contributed by atoms with Gasteiger partial charge in [0.25, 0.3) is 5.91 Å². The lowest BCUT2D eigenvalue weighted by Gasteiger charge is -2.22. The lowest BCUT2D eigenvalue weighted by molar-refractivity contribution is -0.116. The number of amides is 2. The van der Waals surface area contributed by atoms with E-state index in [1.807, 2.05) is 6.92 Å². The first-order chi connectivity index (χ1) is 14.2. The number of primary amides is 1. The van der Waals surface area contributed by atoms with E-state index in [1.165, 1.54) is 0 Å². The zero-order chi connectivity index (χ0) is 21.9. The Balaban J connectivity index is 0.000000172. The normalized spacial score (nSPS) is 19.4. The van der Waals surface area contributed by atoms with Crippen molar-refractivity contribution in [1.82, 2.24) is 9.97 Å². The molecule has 2 aromatic rings. The maximum absolute atomic E-state index is 13.2. The van der Waals surface area contributed by atoms with Gasteiger partial charge in [0, 0.05) is 23.9 Å². The summed E-state index contributed by atoms with van der Waals surface area (Å²) in [5.74, 6) is -2.39. The predicted octanol–water partition coefficient (Wildman–Crippen LogP) is 2.81. The van der Waals surface area contributed by atoms with Gasteiger partial charge in [-0.05, 0) is 13.3 Å². The van der Waals surface area contributed by atoms with Crippen molar-refractivity contribution in [2.45, 2.75) is 45.3 Å². The van der Waals surface area contributed by atoms with Crippen LogP contribution in [-0.2, 0) is 21.7 Å². The van der Waals surface area contributed by atoms with E-state index >= 15 is 0 Å². The number of nitrogens with two attached hydrogens (primary N) is 1. The number of anilines is 1. The molecule has 0 aliphatic carbocycles. The molecule has 2 aliphatic rings. The number of halogens is 2. The van der Waals surface area contributed by atoms with Gasteiger partial charge in [-0.3, -0.25) is 9.59 Å². The molecule has 3 heterocycles. The van der Waals surface area contributed by atoms with Crippen LogP contribution in [0.5, 0.6) is 5.75 Å². The van der Waals surface area contributed by atoms with Gasteiger partial charge in [-0.2, -0.15) is 0 Å². The van der Waals surface area contributed by atoms with Gasteiger partial charge in [0.1, 0.15) is 22.9 Å². The number of benzene rings is 1. The van der Waals surface area contributed by atoms with Crippen LogP contribution in [0.4, 0.5) is 14.5 Å². The summed E-state index contributed by atoms with van der Waals surface area (Å²) in [7, 11) is 0. The topological polar surface area (TPSA) is 116 Å². The summed E-state index contributed by atoms with van der Waals surface area (Å²) < 4.78 is 36.7. The van der Waals surface area contributed by atoms with Gasteiger partial charge < -0.3 is 20.5 Å². The summed E-state index contributed by atoms with van der Waals surface area (Å²) in [5, 5.41) is 2.31. The fourth-order valence-electron chi connectivity index (χ4n) is 3.30. The second kappa shape index (κ2) is 8.70. The fraction of sp³-hybridized carbons (Fsp3) is 0.400. The fourth-order valence-corrected chi connectivity index (χ4v) is 3.30. The molecule has 2 aliphatic heterocycles. The molecule has 0 fully saturated rings. The van der Waals surface area contributed by atoms with Crippen molar-refractivity contribution < 1.29 is 27.8 Å². The second-order valence-corrected chi connectivity index (χ2v) is 7.11. The number of carbonyl (C=O) groups is 2. The lowest BCUT2D eigenvalue weighted by atomic mass is 9.95. The van der Waals surface area contributed by atoms with Crippen LogP contribution in [0.15, 0.2) is 18.3 Å². The lowest BCUT2D eigenvalue weighted by Crippen LogP contribution is -2.24. The van der Waals surface area contributed by atoms with Crippen LogP contribution in [0.3, 0.4) is 0 Å². The van der Waals surface area contributed by atoms with Crippen molar-refractivity contribution in [3.05, 3.63) is 47.0 Å². The molecule has 0 saturated carbocycles. The minimum atomic E-state index is -0.824. The highest BCUT2D eigenvalue weighted by atomic mass is 19.1. The molecule has 4 rings (SSSR count). The number of carbonyl (C=O) groups excluding carboxylic acids is 2. The third kappa shape index (κ3) is 4.54. The highest BCUT2D eigenvalue weighted by molar-refractivity contribution is 5.93. The molecule has 3 N–H and O–H groups in total. The van der Waals surface area contributed by atoms with Crippen LogP contribution >= 0.6 is 0 Å². The molecule has 1 aromatic carbocycles. The Hall–Kier alpha value is -3.14. The van der Waals surface area contributed by atoms with Crippen molar-refractivity contribution in [2.24, 2.45) is 5.73 Å². The molecule has 10 heteroatoms. The quantitative estimate of drug-likeness (QED) is 0.789. The summed E-state index contributed by atoms with van der Waals surface area (Å²) in [5.41, 5.74) is 6.42. The van der Waals surface area contributed by atoms with Gasteiger partial charge in [-0.1, -0.05) is 13.3 Å². The van der Waals surface area contributed by atoms with Crippen molar-refractivity contribution in [3.8, 4) is 5.75 Å². The Morgan fingerprint density at radius 2 is 2.13 bits per heavy atom. The predicted molar refractivity (Wildman–Crippen MR) is 103 cm³/mol. The number of hydrogen-bond acceptors (Lipinski definition) is 6. The van der Waals surface area contributed by atoms with Gasteiger partial charge in [0.05, 0.1) is 25.3 Å². The first-order valence-electron chi connectivity index (χ1n) is 9.45. The summed E-state index contributed by atoms with van der Waals surface area (Å²) in [6.07, 6.45) is 3.63. The summed E-state index contributed by atoms with van der Waals surface area (Å²) in [4.78, 5) is 30.2. The minimum absolute atomic E-state index is 0.0355. The van der Waals surface area contributed by atoms with E-state index in [0.717, 1.165) is 30.2 Å². The first kappa shape index (κ1) is 21.6. The van der Waals surface area contributed by atoms with E-state index in [1.54, 1.807) is 6.20 Å². The van der Waals surface area contributed by atoms with Gasteiger partial charge in [-0.15, -0.1) is 0 Å². The Bertz CT molecular complexity index is 982. The number of rotatable bonds is 3. The maximum Gasteiger partial charge on any atom is 0.286 e. The van der Waals surface area contributed by atoms with E-state index in [4.69, 9.17) is 15.2 Å². The largest absolute Gasteiger partial charge is 0.491 e. The number of nitrogens with one attached hydrogen (secondary N) is 1. The van der Waals surface area contributed by atoms with Gasteiger partial charge >= 0.3 is 0 Å². The number of hydrogen-bond donors (Lipinski definition) is 2. The number of fused-ring (bicyclic) bond motifs is 2. The molecule has 0 radical (unpaired) electrons. The molecule has 2 amide bonds. The Morgan fingerprint density at radius 3 is 2.83 bits per heavy atom. The van der Waals surface area contributed by atoms with Gasteiger partial charge in [0.15, 0.2) is 5.82 Å². The third-order valence-corrected chi connectivity index (χ3v) is 4.73. The molecule has 160 valence electrons. The van der Waals surface area contributed by atoms with Crippen molar-refractivity contribution in [1.29, 1.82) is 0 Å². The van der Waals surface area contributed by atoms with Crippen LogP contribution in [0.2, 0.25) is 0 Å². The minimum Gasteiger partial charge on any atom is -0.491 e. The van der Waals surface area contributed by atoms with Crippen molar-refractivity contribution >= 4 is 17.5 Å². The van der Waals surface area contributed by atoms with Gasteiger partial charge in [0.2, 0.25) is 11.7 Å². The van der Waals surface area contributed by atoms with Crippen LogP contribution in [0, 0.1) is 11.6 Å². The molecular formula is C20H22F2N4O4. The number of aromatic nitrogens is 2. The summed E-state index contributed by atoms with van der Waals surface area (Å²) in [6, 6.07) is 1.75. The SMILES string of the molecule is CCCC1(C)OCc2cnc(C(N)=O)nc21.O=C1CCOc2cc(F)cc(F)c2N1. The van der Waals surface area contributed by atoms with E-state index in [0.29, 0.717) is 12.7 Å². The van der Waals surface area contributed by atoms with Crippen molar-refractivity contribution in [2.75, 3.05) is 11.9 Å². The third-order valence-electron chi connectivity index (χ3n) is 4.73. The van der Waals surface area contributed by atoms with E-state index in [9.17, 15) is 18.4 Å². The van der Waals surface area contributed by atoms with Crippen LogP contribution in [-0.4, -0.2) is 28.4 Å². The van der Waals surface area contributed by atoms with Gasteiger partial charge in [-0.25, -0.2) is 18.7 Å². The first-order valence-corrected chi connectivity index (χ1v) is 9.45. The maximum atomic E-state index is 13.2. The molecule has 0 spiro atoms. The summed E-state index contributed by atoms with van der Waals surface area (Å²) in [6.45, 7) is 4.70. The van der Waals surface area contributed by atoms with Crippen LogP contribution in [0.1, 0.15) is 55.0 Å².